The molecule has 8 nitrogen and oxygen atoms in total. The first-order valence-electron chi connectivity index (χ1n) is 7.75. The van der Waals surface area contributed by atoms with Crippen LogP contribution in [0.3, 0.4) is 0 Å². The lowest BCUT2D eigenvalue weighted by molar-refractivity contribution is -0.133. The number of carbonyl (C=O) groups excluding carboxylic acids is 1. The summed E-state index contributed by atoms with van der Waals surface area (Å²) < 4.78 is 5.30. The van der Waals surface area contributed by atoms with Crippen molar-refractivity contribution in [2.45, 2.75) is 0 Å². The molecule has 3 rings (SSSR count). The van der Waals surface area contributed by atoms with Gasteiger partial charge in [-0.25, -0.2) is 4.98 Å². The van der Waals surface area contributed by atoms with E-state index in [1.165, 1.54) is 0 Å². The van der Waals surface area contributed by atoms with Crippen molar-refractivity contribution in [2.75, 3.05) is 69.7 Å². The molecule has 2 fully saturated rings. The van der Waals surface area contributed by atoms with Crippen LogP contribution in [0.5, 0.6) is 0 Å². The van der Waals surface area contributed by atoms with Gasteiger partial charge in [0, 0.05) is 45.3 Å². The molecule has 9 heteroatoms. The number of anilines is 2. The van der Waals surface area contributed by atoms with Crippen LogP contribution in [0, 0.1) is 0 Å². The molecule has 2 aliphatic rings. The summed E-state index contributed by atoms with van der Waals surface area (Å²) in [5.74, 6) is 1.05. The van der Waals surface area contributed by atoms with E-state index < -0.39 is 0 Å². The summed E-state index contributed by atoms with van der Waals surface area (Å²) in [7, 11) is 0. The minimum absolute atomic E-state index is 0.165. The van der Waals surface area contributed by atoms with E-state index in [1.807, 2.05) is 4.90 Å². The molecule has 3 heterocycles. The Balaban J connectivity index is 1.52. The minimum Gasteiger partial charge on any atom is -0.379 e. The first-order chi connectivity index (χ1) is 11.1. The average molecular weight is 341 g/mol. The summed E-state index contributed by atoms with van der Waals surface area (Å²) in [6.45, 7) is 6.29. The number of halogens is 1. The highest BCUT2D eigenvalue weighted by molar-refractivity contribution is 6.29. The molecule has 126 valence electrons. The standard InChI is InChI=1S/C14H21ClN6O2/c15-11-9-12(18-14(16)17-11)20-1-3-21(4-2-20)13(22)10-19-5-7-23-8-6-19/h9H,1-8,10H2,(H2,16,17,18). The SMILES string of the molecule is Nc1nc(Cl)cc(N2CCN(C(=O)CN3CCOCC3)CC2)n1. The van der Waals surface area contributed by atoms with Crippen molar-refractivity contribution in [1.82, 2.24) is 19.8 Å². The molecule has 0 atom stereocenters. The number of hydrogen-bond donors (Lipinski definition) is 1. The summed E-state index contributed by atoms with van der Waals surface area (Å²) in [6, 6.07) is 1.70. The second-order valence-corrected chi connectivity index (χ2v) is 6.05. The van der Waals surface area contributed by atoms with Crippen LogP contribution in [0.2, 0.25) is 5.15 Å². The Morgan fingerprint density at radius 1 is 1.17 bits per heavy atom. The van der Waals surface area contributed by atoms with Crippen LogP contribution in [-0.4, -0.2) is 84.7 Å². The van der Waals surface area contributed by atoms with Gasteiger partial charge in [0.1, 0.15) is 11.0 Å². The van der Waals surface area contributed by atoms with Crippen molar-refractivity contribution in [1.29, 1.82) is 0 Å². The van der Waals surface area contributed by atoms with Gasteiger partial charge in [0.05, 0.1) is 19.8 Å². The van der Waals surface area contributed by atoms with Crippen LogP contribution < -0.4 is 10.6 Å². The van der Waals surface area contributed by atoms with Gasteiger partial charge in [-0.2, -0.15) is 4.98 Å². The van der Waals surface area contributed by atoms with Crippen molar-refractivity contribution >= 4 is 29.3 Å². The first-order valence-corrected chi connectivity index (χ1v) is 8.12. The summed E-state index contributed by atoms with van der Waals surface area (Å²) in [6.07, 6.45) is 0. The lowest BCUT2D eigenvalue weighted by Crippen LogP contribution is -2.52. The first kappa shape index (κ1) is 16.2. The maximum Gasteiger partial charge on any atom is 0.236 e. The second-order valence-electron chi connectivity index (χ2n) is 5.66. The largest absolute Gasteiger partial charge is 0.379 e. The molecule has 0 aliphatic carbocycles. The number of hydrogen-bond acceptors (Lipinski definition) is 7. The molecule has 0 radical (unpaired) electrons. The zero-order valence-electron chi connectivity index (χ0n) is 12.9. The van der Waals surface area contributed by atoms with E-state index in [9.17, 15) is 4.79 Å². The highest BCUT2D eigenvalue weighted by atomic mass is 35.5. The van der Waals surface area contributed by atoms with Crippen LogP contribution in [0.25, 0.3) is 0 Å². The smallest absolute Gasteiger partial charge is 0.236 e. The molecule has 1 aromatic rings. The highest BCUT2D eigenvalue weighted by Gasteiger charge is 2.24. The Hall–Kier alpha value is -1.64. The maximum atomic E-state index is 12.4. The van der Waals surface area contributed by atoms with Crippen LogP contribution in [0.4, 0.5) is 11.8 Å². The lowest BCUT2D eigenvalue weighted by atomic mass is 10.3. The minimum atomic E-state index is 0.165. The van der Waals surface area contributed by atoms with Gasteiger partial charge >= 0.3 is 0 Å². The number of aromatic nitrogens is 2. The number of nitrogen functional groups attached to an aromatic ring is 1. The fourth-order valence-corrected chi connectivity index (χ4v) is 3.00. The van der Waals surface area contributed by atoms with Crippen LogP contribution in [0.15, 0.2) is 6.07 Å². The Bertz CT molecular complexity index is 538. The van der Waals surface area contributed by atoms with Crippen molar-refractivity contribution in [3.63, 3.8) is 0 Å². The maximum absolute atomic E-state index is 12.4. The molecule has 1 aromatic heterocycles. The topological polar surface area (TPSA) is 87.8 Å². The number of piperazine rings is 1. The molecule has 0 spiro atoms. The van der Waals surface area contributed by atoms with Gasteiger partial charge < -0.3 is 20.3 Å². The molecule has 2 N–H and O–H groups in total. The Morgan fingerprint density at radius 2 is 1.87 bits per heavy atom. The molecule has 2 aliphatic heterocycles. The van der Waals surface area contributed by atoms with Gasteiger partial charge in [-0.1, -0.05) is 11.6 Å². The van der Waals surface area contributed by atoms with Crippen LogP contribution in [-0.2, 0) is 9.53 Å². The highest BCUT2D eigenvalue weighted by Crippen LogP contribution is 2.18. The summed E-state index contributed by atoms with van der Waals surface area (Å²) >= 11 is 5.92. The second kappa shape index (κ2) is 7.29. The third-order valence-electron chi connectivity index (χ3n) is 4.12. The molecular formula is C14H21ClN6O2. The van der Waals surface area contributed by atoms with E-state index in [4.69, 9.17) is 22.1 Å². The Labute approximate surface area is 140 Å². The molecule has 0 bridgehead atoms. The van der Waals surface area contributed by atoms with Crippen molar-refractivity contribution in [3.05, 3.63) is 11.2 Å². The third kappa shape index (κ3) is 4.21. The number of nitrogens with two attached hydrogens (primary N) is 1. The monoisotopic (exact) mass is 340 g/mol. The molecule has 0 saturated carbocycles. The van der Waals surface area contributed by atoms with Gasteiger partial charge in [0.2, 0.25) is 11.9 Å². The zero-order valence-corrected chi connectivity index (χ0v) is 13.7. The Kier molecular flexibility index (Phi) is 5.14. The van der Waals surface area contributed by atoms with Crippen molar-refractivity contribution in [2.24, 2.45) is 0 Å². The quantitative estimate of drug-likeness (QED) is 0.755. The summed E-state index contributed by atoms with van der Waals surface area (Å²) in [5.41, 5.74) is 5.63. The van der Waals surface area contributed by atoms with Gasteiger partial charge in [-0.15, -0.1) is 0 Å². The van der Waals surface area contributed by atoms with E-state index in [0.717, 1.165) is 13.1 Å². The van der Waals surface area contributed by atoms with E-state index in [0.29, 0.717) is 56.9 Å². The van der Waals surface area contributed by atoms with E-state index >= 15 is 0 Å². The fraction of sp³-hybridized carbons (Fsp3) is 0.643. The number of nitrogens with zero attached hydrogens (tertiary/aromatic N) is 5. The molecule has 0 aromatic carbocycles. The van der Waals surface area contributed by atoms with Crippen molar-refractivity contribution in [3.8, 4) is 0 Å². The average Bonchev–Trinajstić information content (AvgIpc) is 2.55. The zero-order chi connectivity index (χ0) is 16.2. The van der Waals surface area contributed by atoms with Gasteiger partial charge in [0.25, 0.3) is 0 Å². The number of carbonyl (C=O) groups is 1. The molecular weight excluding hydrogens is 320 g/mol. The van der Waals surface area contributed by atoms with E-state index in [1.54, 1.807) is 6.07 Å². The third-order valence-corrected chi connectivity index (χ3v) is 4.31. The predicted octanol–water partition coefficient (Wildman–Crippen LogP) is -0.307. The summed E-state index contributed by atoms with van der Waals surface area (Å²) in [4.78, 5) is 26.6. The Morgan fingerprint density at radius 3 is 2.52 bits per heavy atom. The molecule has 23 heavy (non-hydrogen) atoms. The fourth-order valence-electron chi connectivity index (χ4n) is 2.82. The number of morpholine rings is 1. The van der Waals surface area contributed by atoms with Gasteiger partial charge in [-0.05, 0) is 0 Å². The van der Waals surface area contributed by atoms with Crippen molar-refractivity contribution < 1.29 is 9.53 Å². The van der Waals surface area contributed by atoms with Gasteiger partial charge in [-0.3, -0.25) is 9.69 Å². The molecule has 0 unspecified atom stereocenters. The molecule has 2 saturated heterocycles. The number of rotatable bonds is 3. The van der Waals surface area contributed by atoms with Gasteiger partial charge in [0.15, 0.2) is 0 Å². The van der Waals surface area contributed by atoms with Crippen LogP contribution in [0.1, 0.15) is 0 Å². The summed E-state index contributed by atoms with van der Waals surface area (Å²) in [5, 5.41) is 0.332. The predicted molar refractivity (Wildman–Crippen MR) is 87.5 cm³/mol. The number of amides is 1. The van der Waals surface area contributed by atoms with Crippen LogP contribution >= 0.6 is 11.6 Å². The normalized spacial score (nSPS) is 19.9. The number of ether oxygens (including phenoxy) is 1. The van der Waals surface area contributed by atoms with E-state index in [2.05, 4.69) is 19.8 Å². The molecule has 1 amide bonds. The lowest BCUT2D eigenvalue weighted by Gasteiger charge is -2.36. The van der Waals surface area contributed by atoms with E-state index in [-0.39, 0.29) is 11.9 Å².